The number of hydrogen-bond donors (Lipinski definition) is 3. The van der Waals surface area contributed by atoms with Crippen LogP contribution < -0.4 is 5.32 Å². The second-order valence-corrected chi connectivity index (χ2v) is 26.0. The molecule has 0 radical (unpaired) electrons. The van der Waals surface area contributed by atoms with Gasteiger partial charge in [0.25, 0.3) is 0 Å². The lowest BCUT2D eigenvalue weighted by Gasteiger charge is -2.22. The lowest BCUT2D eigenvalue weighted by Crippen LogP contribution is -2.45. The molecule has 2 unspecified atom stereocenters. The van der Waals surface area contributed by atoms with E-state index in [1.165, 1.54) is 347 Å². The molecule has 486 valence electrons. The molecule has 0 rings (SSSR count). The minimum Gasteiger partial charge on any atom is -0.466 e. The number of carbonyl (C=O) groups excluding carboxylic acids is 2. The molecule has 6 heteroatoms. The van der Waals surface area contributed by atoms with E-state index in [2.05, 4.69) is 43.5 Å². The second-order valence-electron chi connectivity index (χ2n) is 26.0. The third-order valence-electron chi connectivity index (χ3n) is 17.7. The smallest absolute Gasteiger partial charge is 0.305 e. The van der Waals surface area contributed by atoms with E-state index in [9.17, 15) is 19.8 Å². The van der Waals surface area contributed by atoms with Crippen molar-refractivity contribution < 1.29 is 24.5 Å². The van der Waals surface area contributed by atoms with Gasteiger partial charge in [-0.1, -0.05) is 366 Å². The molecule has 0 aliphatic carbocycles. The molecule has 0 aromatic heterocycles. The third kappa shape index (κ3) is 67.5. The van der Waals surface area contributed by atoms with Gasteiger partial charge in [0.2, 0.25) is 5.91 Å². The first kappa shape index (κ1) is 80.3. The maximum Gasteiger partial charge on any atom is 0.305 e. The first-order valence-corrected chi connectivity index (χ1v) is 37.6. The maximum atomic E-state index is 12.6. The maximum absolute atomic E-state index is 12.6. The number of carbonyl (C=O) groups is 2. The first-order valence-electron chi connectivity index (χ1n) is 37.6. The van der Waals surface area contributed by atoms with Crippen LogP contribution >= 0.6 is 0 Å². The highest BCUT2D eigenvalue weighted by Gasteiger charge is 2.20. The van der Waals surface area contributed by atoms with Crippen molar-refractivity contribution in [1.29, 1.82) is 0 Å². The summed E-state index contributed by atoms with van der Waals surface area (Å²) in [5.74, 6) is -0.0194. The summed E-state index contributed by atoms with van der Waals surface area (Å²) < 4.78 is 5.47. The summed E-state index contributed by atoms with van der Waals surface area (Å²) in [5.41, 5.74) is 0. The molecule has 3 N–H and O–H groups in total. The molecule has 1 amide bonds. The Hall–Kier alpha value is -1.66. The van der Waals surface area contributed by atoms with Gasteiger partial charge in [-0.25, -0.2) is 0 Å². The minimum atomic E-state index is -0.663. The number of hydrogen-bond acceptors (Lipinski definition) is 5. The van der Waals surface area contributed by atoms with E-state index in [0.717, 1.165) is 44.9 Å². The number of aliphatic hydroxyl groups excluding tert-OH is 2. The highest BCUT2D eigenvalue weighted by atomic mass is 16.5. The Kier molecular flexibility index (Phi) is 70.4. The summed E-state index contributed by atoms with van der Waals surface area (Å²) in [6.07, 6.45) is 91.1. The van der Waals surface area contributed by atoms with Crippen LogP contribution in [0.25, 0.3) is 0 Å². The molecule has 0 saturated carbocycles. The fraction of sp³-hybridized carbons (Fsp3) is 0.921. The number of esters is 1. The van der Waals surface area contributed by atoms with Crippen LogP contribution in [0.15, 0.2) is 24.3 Å². The van der Waals surface area contributed by atoms with Gasteiger partial charge in [-0.2, -0.15) is 0 Å². The Morgan fingerprint density at radius 2 is 0.585 bits per heavy atom. The Balaban J connectivity index is 3.36. The molecule has 0 aliphatic rings. The van der Waals surface area contributed by atoms with E-state index in [1.54, 1.807) is 0 Å². The lowest BCUT2D eigenvalue weighted by atomic mass is 10.0. The predicted molar refractivity (Wildman–Crippen MR) is 361 cm³/mol. The van der Waals surface area contributed by atoms with Gasteiger partial charge in [-0.05, 0) is 70.6 Å². The van der Waals surface area contributed by atoms with Crippen LogP contribution in [-0.2, 0) is 14.3 Å². The Morgan fingerprint density at radius 3 is 0.902 bits per heavy atom. The van der Waals surface area contributed by atoms with E-state index >= 15 is 0 Å². The highest BCUT2D eigenvalue weighted by Crippen LogP contribution is 2.19. The Bertz CT molecular complexity index is 1280. The van der Waals surface area contributed by atoms with Crippen LogP contribution in [0.4, 0.5) is 0 Å². The summed E-state index contributed by atoms with van der Waals surface area (Å²) in [6, 6.07) is -0.540. The molecule has 82 heavy (non-hydrogen) atoms. The van der Waals surface area contributed by atoms with Crippen LogP contribution in [0.2, 0.25) is 0 Å². The van der Waals surface area contributed by atoms with E-state index in [4.69, 9.17) is 4.74 Å². The molecule has 0 saturated heterocycles. The number of nitrogens with one attached hydrogen (secondary N) is 1. The number of aliphatic hydroxyl groups is 2. The standard InChI is InChI=1S/C76H147NO5/c1-3-5-7-9-11-13-15-16-17-18-19-20-33-36-39-42-45-49-52-56-60-64-68-74(79)73(72-78)77-75(80)69-65-61-57-53-50-46-43-40-37-34-31-29-27-25-23-21-22-24-26-28-30-32-35-38-41-44-47-51-55-59-63-67-71-82-76(81)70-66-62-58-54-48-14-12-10-8-6-4-2/h10,12,24,26,73-74,78-79H,3-9,11,13-23,25,27-72H2,1-2H3,(H,77,80)/b12-10-,26-24-. The zero-order valence-electron chi connectivity index (χ0n) is 55.8. The van der Waals surface area contributed by atoms with E-state index < -0.39 is 12.1 Å². The van der Waals surface area contributed by atoms with E-state index in [-0.39, 0.29) is 18.5 Å². The van der Waals surface area contributed by atoms with Crippen LogP contribution in [0.3, 0.4) is 0 Å². The van der Waals surface area contributed by atoms with Gasteiger partial charge in [0.1, 0.15) is 0 Å². The van der Waals surface area contributed by atoms with Crippen molar-refractivity contribution in [3.05, 3.63) is 24.3 Å². The summed E-state index contributed by atoms with van der Waals surface area (Å²) in [6.45, 7) is 4.96. The van der Waals surface area contributed by atoms with Crippen LogP contribution in [0.5, 0.6) is 0 Å². The number of ether oxygens (including phenoxy) is 1. The summed E-state index contributed by atoms with van der Waals surface area (Å²) in [7, 11) is 0. The number of unbranched alkanes of at least 4 members (excludes halogenated alkanes) is 56. The summed E-state index contributed by atoms with van der Waals surface area (Å²) >= 11 is 0. The normalized spacial score (nSPS) is 12.6. The van der Waals surface area contributed by atoms with Crippen LogP contribution in [0, 0.1) is 0 Å². The predicted octanol–water partition coefficient (Wildman–Crippen LogP) is 24.5. The van der Waals surface area contributed by atoms with Gasteiger partial charge < -0.3 is 20.3 Å². The zero-order valence-corrected chi connectivity index (χ0v) is 55.8. The molecule has 0 aliphatic heterocycles. The van der Waals surface area contributed by atoms with Crippen molar-refractivity contribution in [2.24, 2.45) is 0 Å². The summed E-state index contributed by atoms with van der Waals surface area (Å²) in [4.78, 5) is 24.6. The van der Waals surface area contributed by atoms with Gasteiger partial charge in [-0.3, -0.25) is 9.59 Å². The average Bonchev–Trinajstić information content (AvgIpc) is 3.48. The molecule has 0 heterocycles. The van der Waals surface area contributed by atoms with Crippen molar-refractivity contribution in [1.82, 2.24) is 5.32 Å². The van der Waals surface area contributed by atoms with Gasteiger partial charge >= 0.3 is 5.97 Å². The monoisotopic (exact) mass is 1150 g/mol. The first-order chi connectivity index (χ1) is 40.5. The van der Waals surface area contributed by atoms with Gasteiger partial charge in [-0.15, -0.1) is 0 Å². The molecule has 0 aromatic carbocycles. The largest absolute Gasteiger partial charge is 0.466 e. The molecular weight excluding hydrogens is 1010 g/mol. The highest BCUT2D eigenvalue weighted by molar-refractivity contribution is 5.76. The Morgan fingerprint density at radius 1 is 0.329 bits per heavy atom. The van der Waals surface area contributed by atoms with Crippen molar-refractivity contribution in [3.63, 3.8) is 0 Å². The second kappa shape index (κ2) is 71.8. The van der Waals surface area contributed by atoms with Crippen molar-refractivity contribution in [2.45, 2.75) is 437 Å². The fourth-order valence-corrected chi connectivity index (χ4v) is 12.0. The van der Waals surface area contributed by atoms with Crippen LogP contribution in [-0.4, -0.2) is 47.4 Å². The van der Waals surface area contributed by atoms with Gasteiger partial charge in [0, 0.05) is 12.8 Å². The quantitative estimate of drug-likeness (QED) is 0.0320. The number of allylic oxidation sites excluding steroid dienone is 4. The van der Waals surface area contributed by atoms with Crippen molar-refractivity contribution in [2.75, 3.05) is 13.2 Å². The number of rotatable bonds is 71. The number of amides is 1. The minimum absolute atomic E-state index is 0.00777. The summed E-state index contributed by atoms with van der Waals surface area (Å²) in [5, 5.41) is 23.5. The molecule has 2 atom stereocenters. The fourth-order valence-electron chi connectivity index (χ4n) is 12.0. The molecule has 0 aromatic rings. The molecular formula is C76H147NO5. The van der Waals surface area contributed by atoms with Crippen LogP contribution in [0.1, 0.15) is 425 Å². The lowest BCUT2D eigenvalue weighted by molar-refractivity contribution is -0.143. The average molecular weight is 1160 g/mol. The van der Waals surface area contributed by atoms with Gasteiger partial charge in [0.15, 0.2) is 0 Å². The zero-order chi connectivity index (χ0) is 59.2. The molecule has 0 spiro atoms. The molecule has 0 fully saturated rings. The van der Waals surface area contributed by atoms with Crippen molar-refractivity contribution in [3.8, 4) is 0 Å². The van der Waals surface area contributed by atoms with Gasteiger partial charge in [0.05, 0.1) is 25.4 Å². The molecule has 6 nitrogen and oxygen atoms in total. The SMILES string of the molecule is CCCC/C=C\CCCCCCCC(=O)OCCCCCCCCCCCCCC/C=C\CCCCCCCCCCCCCCCCCCC(=O)NC(CO)C(O)CCCCCCCCCCCCCCCCCCCCCCCC. The van der Waals surface area contributed by atoms with Crippen molar-refractivity contribution >= 4 is 11.9 Å². The Labute approximate surface area is 513 Å². The van der Waals surface area contributed by atoms with E-state index in [0.29, 0.717) is 25.9 Å². The third-order valence-corrected chi connectivity index (χ3v) is 17.7. The topological polar surface area (TPSA) is 95.9 Å². The van der Waals surface area contributed by atoms with E-state index in [1.807, 2.05) is 0 Å². The molecule has 0 bridgehead atoms.